The van der Waals surface area contributed by atoms with E-state index in [0.717, 1.165) is 30.5 Å². The second-order valence-corrected chi connectivity index (χ2v) is 6.46. The zero-order valence-corrected chi connectivity index (χ0v) is 15.1. The zero-order chi connectivity index (χ0) is 18.9. The predicted octanol–water partition coefficient (Wildman–Crippen LogP) is 4.68. The lowest BCUT2D eigenvalue weighted by Crippen LogP contribution is -2.04. The van der Waals surface area contributed by atoms with Crippen LogP contribution in [0.1, 0.15) is 48.3 Å². The highest BCUT2D eigenvalue weighted by Gasteiger charge is 2.13. The Hall–Kier alpha value is -3.08. The number of hydrogen-bond acceptors (Lipinski definition) is 5. The molecule has 0 spiro atoms. The van der Waals surface area contributed by atoms with Crippen LogP contribution in [-0.2, 0) is 11.2 Å². The summed E-state index contributed by atoms with van der Waals surface area (Å²) in [5, 5.41) is 3.88. The van der Waals surface area contributed by atoms with Gasteiger partial charge in [-0.3, -0.25) is 14.6 Å². The highest BCUT2D eigenvalue weighted by molar-refractivity contribution is 5.94. The molecule has 0 atom stereocenters. The predicted molar refractivity (Wildman–Crippen MR) is 102 cm³/mol. The summed E-state index contributed by atoms with van der Waals surface area (Å²) in [5.41, 5.74) is 2.06. The first kappa shape index (κ1) is 18.7. The number of Topliss-reactive ketones (excluding diaryl/α,β-unsaturated/α-hetero) is 2. The van der Waals surface area contributed by atoms with Gasteiger partial charge in [-0.05, 0) is 25.0 Å². The fourth-order valence-electron chi connectivity index (χ4n) is 2.85. The van der Waals surface area contributed by atoms with Crippen LogP contribution < -0.4 is 0 Å². The Morgan fingerprint density at radius 2 is 1.67 bits per heavy atom. The van der Waals surface area contributed by atoms with E-state index >= 15 is 0 Å². The molecule has 0 amide bonds. The van der Waals surface area contributed by atoms with E-state index in [9.17, 15) is 9.59 Å². The molecule has 0 fully saturated rings. The molecule has 5 heteroatoms. The van der Waals surface area contributed by atoms with E-state index in [-0.39, 0.29) is 11.6 Å². The molecule has 0 unspecified atom stereocenters. The highest BCUT2D eigenvalue weighted by atomic mass is 16.5. The van der Waals surface area contributed by atoms with Crippen LogP contribution in [-0.4, -0.2) is 21.7 Å². The smallest absolute Gasteiger partial charge is 0.184 e. The number of pyridine rings is 1. The summed E-state index contributed by atoms with van der Waals surface area (Å²) in [7, 11) is 0. The molecule has 0 saturated carbocycles. The fraction of sp³-hybridized carbons (Fsp3) is 0.273. The van der Waals surface area contributed by atoms with Gasteiger partial charge in [0.2, 0.25) is 0 Å². The van der Waals surface area contributed by atoms with Gasteiger partial charge in [0.25, 0.3) is 0 Å². The van der Waals surface area contributed by atoms with E-state index in [2.05, 4.69) is 10.1 Å². The lowest BCUT2D eigenvalue weighted by molar-refractivity contribution is -0.118. The van der Waals surface area contributed by atoms with Crippen LogP contribution in [0, 0.1) is 0 Å². The molecule has 3 rings (SSSR count). The van der Waals surface area contributed by atoms with E-state index < -0.39 is 0 Å². The van der Waals surface area contributed by atoms with Crippen LogP contribution in [0.3, 0.4) is 0 Å². The zero-order valence-electron chi connectivity index (χ0n) is 15.1. The van der Waals surface area contributed by atoms with Crippen LogP contribution in [0.25, 0.3) is 11.3 Å². The third-order valence-electron chi connectivity index (χ3n) is 4.32. The molecule has 0 radical (unpaired) electrons. The lowest BCUT2D eigenvalue weighted by atomic mass is 10.0. The molecule has 0 aliphatic heterocycles. The van der Waals surface area contributed by atoms with E-state index in [4.69, 9.17) is 4.52 Å². The van der Waals surface area contributed by atoms with E-state index in [1.807, 2.05) is 48.5 Å². The topological polar surface area (TPSA) is 73.1 Å². The molecule has 5 nitrogen and oxygen atoms in total. The van der Waals surface area contributed by atoms with E-state index in [1.54, 1.807) is 12.3 Å². The van der Waals surface area contributed by atoms with Crippen LogP contribution in [0.2, 0.25) is 0 Å². The molecule has 27 heavy (non-hydrogen) atoms. The van der Waals surface area contributed by atoms with Crippen LogP contribution >= 0.6 is 0 Å². The van der Waals surface area contributed by atoms with Crippen molar-refractivity contribution < 1.29 is 14.1 Å². The fourth-order valence-corrected chi connectivity index (χ4v) is 2.85. The maximum atomic E-state index is 12.2. The molecule has 0 aliphatic carbocycles. The molecule has 0 N–H and O–H groups in total. The SMILES string of the molecule is O=C(CCCCCC(=O)c1cc(-c2ccccc2)on1)Cc1ccccn1. The van der Waals surface area contributed by atoms with Gasteiger partial charge in [0.15, 0.2) is 11.5 Å². The van der Waals surface area contributed by atoms with Crippen molar-refractivity contribution in [2.45, 2.75) is 38.5 Å². The second kappa shape index (κ2) is 9.57. The first-order valence-electron chi connectivity index (χ1n) is 9.19. The van der Waals surface area contributed by atoms with Crippen molar-refractivity contribution in [2.75, 3.05) is 0 Å². The van der Waals surface area contributed by atoms with Gasteiger partial charge >= 0.3 is 0 Å². The number of unbranched alkanes of at least 4 members (excludes halogenated alkanes) is 2. The number of ketones is 2. The summed E-state index contributed by atoms with van der Waals surface area (Å²) in [6.07, 6.45) is 5.36. The third kappa shape index (κ3) is 5.71. The average Bonchev–Trinajstić information content (AvgIpc) is 3.19. The average molecular weight is 362 g/mol. The maximum absolute atomic E-state index is 12.2. The van der Waals surface area contributed by atoms with Crippen LogP contribution in [0.5, 0.6) is 0 Å². The Kier molecular flexibility index (Phi) is 6.63. The summed E-state index contributed by atoms with van der Waals surface area (Å²) in [6, 6.07) is 16.8. The van der Waals surface area contributed by atoms with Crippen molar-refractivity contribution in [1.29, 1.82) is 0 Å². The summed E-state index contributed by atoms with van der Waals surface area (Å²) in [5.74, 6) is 0.754. The van der Waals surface area contributed by atoms with Crippen molar-refractivity contribution in [3.63, 3.8) is 0 Å². The van der Waals surface area contributed by atoms with Gasteiger partial charge in [-0.2, -0.15) is 0 Å². The largest absolute Gasteiger partial charge is 0.356 e. The second-order valence-electron chi connectivity index (χ2n) is 6.46. The van der Waals surface area contributed by atoms with Gasteiger partial charge in [-0.15, -0.1) is 0 Å². The Labute approximate surface area is 158 Å². The Bertz CT molecular complexity index is 873. The van der Waals surface area contributed by atoms with E-state index in [1.165, 1.54) is 0 Å². The van der Waals surface area contributed by atoms with Crippen molar-refractivity contribution in [3.05, 3.63) is 72.2 Å². The first-order valence-corrected chi connectivity index (χ1v) is 9.19. The summed E-state index contributed by atoms with van der Waals surface area (Å²) in [6.45, 7) is 0. The molecule has 2 aromatic heterocycles. The van der Waals surface area contributed by atoms with Crippen LogP contribution in [0.4, 0.5) is 0 Å². The summed E-state index contributed by atoms with van der Waals surface area (Å²) in [4.78, 5) is 28.3. The van der Waals surface area contributed by atoms with Gasteiger partial charge in [-0.25, -0.2) is 0 Å². The number of aromatic nitrogens is 2. The Balaban J connectivity index is 1.36. The molecule has 2 heterocycles. The quantitative estimate of drug-likeness (QED) is 0.387. The minimum absolute atomic E-state index is 0.0271. The standard InChI is InChI=1S/C22H22N2O3/c25-19(15-18-11-7-8-14-23-18)12-5-2-6-13-21(26)20-16-22(27-24-20)17-9-3-1-4-10-17/h1,3-4,7-11,14,16H,2,5-6,12-13,15H2. The Morgan fingerprint density at radius 1 is 0.889 bits per heavy atom. The van der Waals surface area contributed by atoms with Crippen molar-refractivity contribution >= 4 is 11.6 Å². The van der Waals surface area contributed by atoms with Gasteiger partial charge < -0.3 is 4.52 Å². The lowest BCUT2D eigenvalue weighted by Gasteiger charge is -2.01. The van der Waals surface area contributed by atoms with Gasteiger partial charge in [-0.1, -0.05) is 48.0 Å². The normalized spacial score (nSPS) is 10.7. The minimum Gasteiger partial charge on any atom is -0.356 e. The number of carbonyl (C=O) groups is 2. The van der Waals surface area contributed by atoms with Crippen LogP contribution in [0.15, 0.2) is 65.3 Å². The number of rotatable bonds is 10. The number of benzene rings is 1. The van der Waals surface area contributed by atoms with Crippen molar-refractivity contribution in [3.8, 4) is 11.3 Å². The maximum Gasteiger partial charge on any atom is 0.184 e. The van der Waals surface area contributed by atoms with Gasteiger partial charge in [0, 0.05) is 42.8 Å². The molecular weight excluding hydrogens is 340 g/mol. The molecule has 3 aromatic rings. The summed E-state index contributed by atoms with van der Waals surface area (Å²) >= 11 is 0. The van der Waals surface area contributed by atoms with Gasteiger partial charge in [0.05, 0.1) is 0 Å². The number of hydrogen-bond donors (Lipinski definition) is 0. The van der Waals surface area contributed by atoms with E-state index in [0.29, 0.717) is 30.7 Å². The number of nitrogens with zero attached hydrogens (tertiary/aromatic N) is 2. The van der Waals surface area contributed by atoms with Crippen molar-refractivity contribution in [2.24, 2.45) is 0 Å². The summed E-state index contributed by atoms with van der Waals surface area (Å²) < 4.78 is 5.27. The molecular formula is C22H22N2O3. The monoisotopic (exact) mass is 362 g/mol. The van der Waals surface area contributed by atoms with Crippen molar-refractivity contribution in [1.82, 2.24) is 10.1 Å². The first-order chi connectivity index (χ1) is 13.2. The third-order valence-corrected chi connectivity index (χ3v) is 4.32. The molecule has 0 bridgehead atoms. The molecule has 0 aliphatic rings. The number of carbonyl (C=O) groups excluding carboxylic acids is 2. The molecule has 138 valence electrons. The minimum atomic E-state index is -0.0271. The highest BCUT2D eigenvalue weighted by Crippen LogP contribution is 2.20. The molecule has 1 aromatic carbocycles. The Morgan fingerprint density at radius 3 is 2.44 bits per heavy atom. The molecule has 0 saturated heterocycles. The van der Waals surface area contributed by atoms with Gasteiger partial charge in [0.1, 0.15) is 11.5 Å².